The first kappa shape index (κ1) is 15.8. The second-order valence-corrected chi connectivity index (χ2v) is 4.95. The number of benzene rings is 1. The molecule has 0 amide bonds. The highest BCUT2D eigenvalue weighted by atomic mass is 35.5. The number of ether oxygens (including phenoxy) is 2. The molecule has 1 rings (SSSR count). The maximum atomic E-state index is 11.7. The van der Waals surface area contributed by atoms with E-state index in [9.17, 15) is 4.79 Å². The van der Waals surface area contributed by atoms with E-state index in [4.69, 9.17) is 21.1 Å². The maximum Gasteiger partial charge on any atom is 0.323 e. The summed E-state index contributed by atoms with van der Waals surface area (Å²) in [7, 11) is 2.98. The van der Waals surface area contributed by atoms with E-state index in [1.807, 2.05) is 26.0 Å². The molecule has 1 aromatic rings. The van der Waals surface area contributed by atoms with Gasteiger partial charge < -0.3 is 9.47 Å². The van der Waals surface area contributed by atoms with Crippen LogP contribution in [0.25, 0.3) is 0 Å². The first-order chi connectivity index (χ1) is 9.01. The van der Waals surface area contributed by atoms with Crippen molar-refractivity contribution < 1.29 is 14.3 Å². The van der Waals surface area contributed by atoms with Crippen LogP contribution in [0.2, 0.25) is 5.02 Å². The maximum absolute atomic E-state index is 11.7. The molecule has 4 nitrogen and oxygen atoms in total. The molecule has 0 radical (unpaired) electrons. The van der Waals surface area contributed by atoms with Crippen LogP contribution in [0.5, 0.6) is 5.75 Å². The number of hydrogen-bond donors (Lipinski definition) is 1. The van der Waals surface area contributed by atoms with E-state index >= 15 is 0 Å². The summed E-state index contributed by atoms with van der Waals surface area (Å²) in [4.78, 5) is 11.7. The van der Waals surface area contributed by atoms with Crippen LogP contribution in [-0.4, -0.2) is 26.2 Å². The topological polar surface area (TPSA) is 47.6 Å². The zero-order chi connectivity index (χ0) is 14.4. The molecule has 1 atom stereocenters. The van der Waals surface area contributed by atoms with Crippen molar-refractivity contribution in [1.82, 2.24) is 5.32 Å². The van der Waals surface area contributed by atoms with Crippen molar-refractivity contribution in [3.8, 4) is 5.75 Å². The molecular formula is C14H20ClNO3. The third-order valence-corrected chi connectivity index (χ3v) is 3.27. The summed E-state index contributed by atoms with van der Waals surface area (Å²) < 4.78 is 10.0. The Hall–Kier alpha value is -1.26. The fourth-order valence-electron chi connectivity index (χ4n) is 1.83. The van der Waals surface area contributed by atoms with Crippen LogP contribution in [0.1, 0.15) is 19.4 Å². The minimum atomic E-state index is -0.369. The lowest BCUT2D eigenvalue weighted by Gasteiger charge is -2.21. The Morgan fingerprint density at radius 2 is 2.05 bits per heavy atom. The molecule has 0 bridgehead atoms. The van der Waals surface area contributed by atoms with Crippen molar-refractivity contribution in [3.05, 3.63) is 28.8 Å². The summed E-state index contributed by atoms with van der Waals surface area (Å²) in [6, 6.07) is 5.09. The predicted octanol–water partition coefficient (Wildman–Crippen LogP) is 2.64. The molecule has 0 saturated heterocycles. The molecule has 0 spiro atoms. The average Bonchev–Trinajstić information content (AvgIpc) is 2.39. The fourth-order valence-corrected chi connectivity index (χ4v) is 2.06. The third-order valence-electron chi connectivity index (χ3n) is 2.92. The van der Waals surface area contributed by atoms with Gasteiger partial charge in [-0.1, -0.05) is 31.5 Å². The normalized spacial score (nSPS) is 12.3. The number of rotatable bonds is 6. The van der Waals surface area contributed by atoms with Crippen molar-refractivity contribution in [2.75, 3.05) is 14.2 Å². The minimum absolute atomic E-state index is 0.126. The molecule has 0 aliphatic heterocycles. The summed E-state index contributed by atoms with van der Waals surface area (Å²) in [5, 5.41) is 3.77. The number of halogens is 1. The van der Waals surface area contributed by atoms with Crippen LogP contribution in [0, 0.1) is 5.92 Å². The summed E-state index contributed by atoms with van der Waals surface area (Å²) in [6.45, 7) is 4.36. The number of methoxy groups -OCH3 is 2. The van der Waals surface area contributed by atoms with Crippen molar-refractivity contribution in [2.45, 2.75) is 26.4 Å². The van der Waals surface area contributed by atoms with Crippen molar-refractivity contribution >= 4 is 17.6 Å². The molecule has 0 unspecified atom stereocenters. The van der Waals surface area contributed by atoms with E-state index in [-0.39, 0.29) is 17.9 Å². The van der Waals surface area contributed by atoms with Gasteiger partial charge in [-0.15, -0.1) is 0 Å². The fraction of sp³-hybridized carbons (Fsp3) is 0.500. The van der Waals surface area contributed by atoms with Crippen LogP contribution in [0.3, 0.4) is 0 Å². The van der Waals surface area contributed by atoms with Crippen molar-refractivity contribution in [1.29, 1.82) is 0 Å². The van der Waals surface area contributed by atoms with Crippen LogP contribution < -0.4 is 10.1 Å². The van der Waals surface area contributed by atoms with E-state index in [1.54, 1.807) is 13.2 Å². The molecule has 19 heavy (non-hydrogen) atoms. The van der Waals surface area contributed by atoms with Gasteiger partial charge in [0.05, 0.1) is 14.2 Å². The molecular weight excluding hydrogens is 266 g/mol. The van der Waals surface area contributed by atoms with E-state index < -0.39 is 0 Å². The Labute approximate surface area is 119 Å². The van der Waals surface area contributed by atoms with Crippen LogP contribution in [0.4, 0.5) is 0 Å². The Balaban J connectivity index is 2.82. The average molecular weight is 286 g/mol. The second kappa shape index (κ2) is 7.36. The highest BCUT2D eigenvalue weighted by Gasteiger charge is 2.23. The quantitative estimate of drug-likeness (QED) is 0.816. The molecule has 5 heteroatoms. The monoisotopic (exact) mass is 285 g/mol. The number of hydrogen-bond acceptors (Lipinski definition) is 4. The van der Waals surface area contributed by atoms with Gasteiger partial charge in [-0.25, -0.2) is 0 Å². The van der Waals surface area contributed by atoms with Gasteiger partial charge in [-0.05, 0) is 18.1 Å². The van der Waals surface area contributed by atoms with E-state index in [2.05, 4.69) is 5.32 Å². The molecule has 0 aliphatic carbocycles. The third kappa shape index (κ3) is 4.11. The molecule has 0 fully saturated rings. The molecule has 0 aromatic heterocycles. The molecule has 106 valence electrons. The van der Waals surface area contributed by atoms with Gasteiger partial charge in [-0.3, -0.25) is 10.1 Å². The largest absolute Gasteiger partial charge is 0.496 e. The molecule has 1 aromatic carbocycles. The Morgan fingerprint density at radius 3 is 2.58 bits per heavy atom. The Morgan fingerprint density at radius 1 is 1.37 bits per heavy atom. The van der Waals surface area contributed by atoms with Gasteiger partial charge in [0, 0.05) is 17.1 Å². The molecule has 0 aliphatic rings. The highest BCUT2D eigenvalue weighted by molar-refractivity contribution is 6.31. The smallest absolute Gasteiger partial charge is 0.323 e. The zero-order valence-corrected chi connectivity index (χ0v) is 12.5. The van der Waals surface area contributed by atoms with Crippen LogP contribution in [-0.2, 0) is 16.1 Å². The van der Waals surface area contributed by atoms with E-state index in [0.29, 0.717) is 17.3 Å². The molecule has 1 N–H and O–H groups in total. The van der Waals surface area contributed by atoms with Gasteiger partial charge in [0.25, 0.3) is 0 Å². The Kier molecular flexibility index (Phi) is 6.12. The van der Waals surface area contributed by atoms with Gasteiger partial charge in [0.1, 0.15) is 11.8 Å². The summed E-state index contributed by atoms with van der Waals surface area (Å²) in [5.74, 6) is 0.550. The lowest BCUT2D eigenvalue weighted by atomic mass is 10.0. The zero-order valence-electron chi connectivity index (χ0n) is 11.7. The lowest BCUT2D eigenvalue weighted by Crippen LogP contribution is -2.41. The number of esters is 1. The summed E-state index contributed by atoms with van der Waals surface area (Å²) >= 11 is 6.15. The molecule has 0 heterocycles. The van der Waals surface area contributed by atoms with Gasteiger partial charge in [-0.2, -0.15) is 0 Å². The van der Waals surface area contributed by atoms with Crippen molar-refractivity contribution in [3.63, 3.8) is 0 Å². The summed E-state index contributed by atoms with van der Waals surface area (Å²) in [5.41, 5.74) is 0.834. The Bertz CT molecular complexity index is 435. The molecule has 0 saturated carbocycles. The van der Waals surface area contributed by atoms with Crippen LogP contribution in [0.15, 0.2) is 18.2 Å². The van der Waals surface area contributed by atoms with E-state index in [0.717, 1.165) is 5.56 Å². The first-order valence-corrected chi connectivity index (χ1v) is 6.51. The second-order valence-electron chi connectivity index (χ2n) is 4.55. The van der Waals surface area contributed by atoms with Crippen molar-refractivity contribution in [2.24, 2.45) is 5.92 Å². The highest BCUT2D eigenvalue weighted by Crippen LogP contribution is 2.26. The standard InChI is InChI=1S/C14H20ClNO3/c1-9(2)13(14(17)19-4)16-8-10-11(15)6-5-7-12(10)18-3/h5-7,9,13,16H,8H2,1-4H3/t13-/m0/s1. The van der Waals surface area contributed by atoms with Gasteiger partial charge >= 0.3 is 5.97 Å². The number of carbonyl (C=O) groups excluding carboxylic acids is 1. The minimum Gasteiger partial charge on any atom is -0.496 e. The summed E-state index contributed by atoms with van der Waals surface area (Å²) in [6.07, 6.45) is 0. The van der Waals surface area contributed by atoms with Gasteiger partial charge in [0.2, 0.25) is 0 Å². The SMILES string of the molecule is COC(=O)[C@@H](NCc1c(Cl)cccc1OC)C(C)C. The van der Waals surface area contributed by atoms with Gasteiger partial charge in [0.15, 0.2) is 0 Å². The lowest BCUT2D eigenvalue weighted by molar-refractivity contribution is -0.144. The predicted molar refractivity (Wildman–Crippen MR) is 75.5 cm³/mol. The van der Waals surface area contributed by atoms with E-state index in [1.165, 1.54) is 7.11 Å². The number of carbonyl (C=O) groups is 1. The first-order valence-electron chi connectivity index (χ1n) is 6.13. The number of nitrogens with one attached hydrogen (secondary N) is 1. The van der Waals surface area contributed by atoms with Crippen LogP contribution >= 0.6 is 11.6 Å².